The molecule has 1 aromatic carbocycles. The minimum Gasteiger partial charge on any atom is -0.384 e. The molecule has 0 aliphatic carbocycles. The predicted molar refractivity (Wildman–Crippen MR) is 81.3 cm³/mol. The fourth-order valence-corrected chi connectivity index (χ4v) is 2.36. The molecule has 0 aromatic heterocycles. The first-order chi connectivity index (χ1) is 7.94. The number of benzene rings is 1. The summed E-state index contributed by atoms with van der Waals surface area (Å²) in [4.78, 5) is 0. The van der Waals surface area contributed by atoms with Crippen molar-refractivity contribution in [1.29, 1.82) is 5.26 Å². The third-order valence-corrected chi connectivity index (χ3v) is 3.51. The van der Waals surface area contributed by atoms with E-state index in [9.17, 15) is 0 Å². The average Bonchev–Trinajstić information content (AvgIpc) is 2.27. The fourth-order valence-electron chi connectivity index (χ4n) is 1.44. The smallest absolute Gasteiger partial charge is 0.0683 e. The summed E-state index contributed by atoms with van der Waals surface area (Å²) in [6.45, 7) is 4.77. The van der Waals surface area contributed by atoms with E-state index in [1.807, 2.05) is 32.0 Å². The van der Waals surface area contributed by atoms with Crippen molar-refractivity contribution in [3.8, 4) is 6.07 Å². The lowest BCUT2D eigenvalue weighted by molar-refractivity contribution is 0.441. The Labute approximate surface area is 121 Å². The maximum Gasteiger partial charge on any atom is 0.0683 e. The largest absolute Gasteiger partial charge is 0.384 e. The maximum absolute atomic E-state index is 8.89. The van der Waals surface area contributed by atoms with Crippen LogP contribution in [0.1, 0.15) is 26.7 Å². The van der Waals surface area contributed by atoms with Gasteiger partial charge in [0.2, 0.25) is 0 Å². The highest BCUT2D eigenvalue weighted by Gasteiger charge is 2.15. The summed E-state index contributed by atoms with van der Waals surface area (Å²) >= 11 is 8.34. The van der Waals surface area contributed by atoms with Crippen LogP contribution in [0.15, 0.2) is 18.2 Å². The lowest BCUT2D eigenvalue weighted by Gasteiger charge is -2.15. The molecule has 0 unspecified atom stereocenters. The molecule has 17 heavy (non-hydrogen) atoms. The molecule has 1 aromatic rings. The monoisotopic (exact) mass is 362 g/mol. The number of nitriles is 1. The number of nitrogens with zero attached hydrogens (tertiary/aromatic N) is 1. The third kappa shape index (κ3) is 5.13. The summed E-state index contributed by atoms with van der Waals surface area (Å²) in [6.07, 6.45) is 1.85. The summed E-state index contributed by atoms with van der Waals surface area (Å²) in [5.41, 5.74) is 0.721. The first kappa shape index (κ1) is 14.6. The van der Waals surface area contributed by atoms with Crippen LogP contribution in [0.25, 0.3) is 0 Å². The SMILES string of the molecule is CC(C)(C#N)CCCNc1ccc(I)cc1Cl. The molecule has 0 spiro atoms. The van der Waals surface area contributed by atoms with E-state index in [4.69, 9.17) is 16.9 Å². The Morgan fingerprint density at radius 3 is 2.76 bits per heavy atom. The molecule has 0 saturated carbocycles. The highest BCUT2D eigenvalue weighted by atomic mass is 127. The number of halogens is 2. The van der Waals surface area contributed by atoms with E-state index in [1.165, 1.54) is 0 Å². The second-order valence-electron chi connectivity index (χ2n) is 4.65. The van der Waals surface area contributed by atoms with Crippen LogP contribution in [0.3, 0.4) is 0 Å². The van der Waals surface area contributed by atoms with Crippen molar-refractivity contribution in [2.75, 3.05) is 11.9 Å². The van der Waals surface area contributed by atoms with Crippen molar-refractivity contribution >= 4 is 39.9 Å². The van der Waals surface area contributed by atoms with Crippen LogP contribution in [-0.4, -0.2) is 6.54 Å². The molecule has 4 heteroatoms. The molecule has 0 radical (unpaired) electrons. The average molecular weight is 363 g/mol. The number of nitrogens with one attached hydrogen (secondary N) is 1. The molecular weight excluding hydrogens is 347 g/mol. The lowest BCUT2D eigenvalue weighted by atomic mass is 9.90. The first-order valence-electron chi connectivity index (χ1n) is 5.55. The lowest BCUT2D eigenvalue weighted by Crippen LogP contribution is -2.11. The van der Waals surface area contributed by atoms with E-state index in [2.05, 4.69) is 34.0 Å². The zero-order chi connectivity index (χ0) is 12.9. The van der Waals surface area contributed by atoms with Crippen molar-refractivity contribution in [3.05, 3.63) is 26.8 Å². The molecule has 0 fully saturated rings. The molecule has 0 aliphatic heterocycles. The molecule has 0 heterocycles. The van der Waals surface area contributed by atoms with E-state index in [1.54, 1.807) is 0 Å². The Morgan fingerprint density at radius 1 is 1.47 bits per heavy atom. The van der Waals surface area contributed by atoms with Crippen molar-refractivity contribution in [2.45, 2.75) is 26.7 Å². The van der Waals surface area contributed by atoms with Gasteiger partial charge in [-0.2, -0.15) is 5.26 Å². The van der Waals surface area contributed by atoms with Gasteiger partial charge in [-0.05, 0) is 67.5 Å². The van der Waals surface area contributed by atoms with Crippen LogP contribution in [-0.2, 0) is 0 Å². The number of hydrogen-bond donors (Lipinski definition) is 1. The maximum atomic E-state index is 8.89. The van der Waals surface area contributed by atoms with E-state index >= 15 is 0 Å². The van der Waals surface area contributed by atoms with Gasteiger partial charge in [-0.1, -0.05) is 11.6 Å². The van der Waals surface area contributed by atoms with Gasteiger partial charge in [0, 0.05) is 10.1 Å². The summed E-state index contributed by atoms with van der Waals surface area (Å²) < 4.78 is 1.13. The quantitative estimate of drug-likeness (QED) is 0.609. The second kappa shape index (κ2) is 6.46. The number of hydrogen-bond acceptors (Lipinski definition) is 2. The molecular formula is C13H16ClIN2. The topological polar surface area (TPSA) is 35.8 Å². The van der Waals surface area contributed by atoms with Crippen LogP contribution in [0.5, 0.6) is 0 Å². The molecule has 92 valence electrons. The van der Waals surface area contributed by atoms with Gasteiger partial charge in [-0.15, -0.1) is 0 Å². The molecule has 1 N–H and O–H groups in total. The van der Waals surface area contributed by atoms with Gasteiger partial charge in [0.25, 0.3) is 0 Å². The van der Waals surface area contributed by atoms with Gasteiger partial charge in [0.15, 0.2) is 0 Å². The van der Waals surface area contributed by atoms with Crippen molar-refractivity contribution < 1.29 is 0 Å². The van der Waals surface area contributed by atoms with E-state index in [-0.39, 0.29) is 5.41 Å². The van der Waals surface area contributed by atoms with Crippen molar-refractivity contribution in [3.63, 3.8) is 0 Å². The van der Waals surface area contributed by atoms with Gasteiger partial charge >= 0.3 is 0 Å². The summed E-state index contributed by atoms with van der Waals surface area (Å²) in [5, 5.41) is 12.9. The third-order valence-electron chi connectivity index (χ3n) is 2.53. The van der Waals surface area contributed by atoms with E-state index in [0.717, 1.165) is 33.7 Å². The Kier molecular flexibility index (Phi) is 5.54. The highest BCUT2D eigenvalue weighted by molar-refractivity contribution is 14.1. The number of anilines is 1. The van der Waals surface area contributed by atoms with E-state index in [0.29, 0.717) is 0 Å². The fraction of sp³-hybridized carbons (Fsp3) is 0.462. The standard InChI is InChI=1S/C13H16ClIN2/c1-13(2,9-16)6-3-7-17-12-5-4-10(15)8-11(12)14/h4-5,8,17H,3,6-7H2,1-2H3. The van der Waals surface area contributed by atoms with Crippen molar-refractivity contribution in [1.82, 2.24) is 0 Å². The minimum atomic E-state index is -0.239. The van der Waals surface area contributed by atoms with Gasteiger partial charge < -0.3 is 5.32 Å². The van der Waals surface area contributed by atoms with Gasteiger partial charge in [0.1, 0.15) is 0 Å². The summed E-state index contributed by atoms with van der Waals surface area (Å²) in [5.74, 6) is 0. The van der Waals surface area contributed by atoms with E-state index < -0.39 is 0 Å². The Bertz CT molecular complexity index is 424. The zero-order valence-electron chi connectivity index (χ0n) is 10.1. The summed E-state index contributed by atoms with van der Waals surface area (Å²) in [7, 11) is 0. The molecule has 0 amide bonds. The Hall–Kier alpha value is -0.470. The van der Waals surface area contributed by atoms with Gasteiger partial charge in [-0.3, -0.25) is 0 Å². The predicted octanol–water partition coefficient (Wildman–Crippen LogP) is 4.69. The normalized spacial score (nSPS) is 11.0. The molecule has 1 rings (SSSR count). The van der Waals surface area contributed by atoms with Crippen LogP contribution in [0, 0.1) is 20.3 Å². The molecule has 2 nitrogen and oxygen atoms in total. The van der Waals surface area contributed by atoms with Crippen LogP contribution in [0.4, 0.5) is 5.69 Å². The van der Waals surface area contributed by atoms with Crippen LogP contribution < -0.4 is 5.32 Å². The Morgan fingerprint density at radius 2 is 2.18 bits per heavy atom. The number of rotatable bonds is 5. The second-order valence-corrected chi connectivity index (χ2v) is 6.30. The molecule has 0 aliphatic rings. The van der Waals surface area contributed by atoms with Gasteiger partial charge in [0.05, 0.1) is 22.2 Å². The zero-order valence-corrected chi connectivity index (χ0v) is 13.0. The summed E-state index contributed by atoms with van der Waals surface area (Å²) in [6, 6.07) is 8.25. The minimum absolute atomic E-state index is 0.239. The van der Waals surface area contributed by atoms with Crippen LogP contribution >= 0.6 is 34.2 Å². The molecule has 0 bridgehead atoms. The van der Waals surface area contributed by atoms with Crippen molar-refractivity contribution in [2.24, 2.45) is 5.41 Å². The Balaban J connectivity index is 2.39. The van der Waals surface area contributed by atoms with Crippen LogP contribution in [0.2, 0.25) is 5.02 Å². The molecule has 0 atom stereocenters. The highest BCUT2D eigenvalue weighted by Crippen LogP contribution is 2.25. The van der Waals surface area contributed by atoms with Gasteiger partial charge in [-0.25, -0.2) is 0 Å². The molecule has 0 saturated heterocycles. The first-order valence-corrected chi connectivity index (χ1v) is 7.00.